The number of allylic oxidation sites excluding steroid dienone is 1. The van der Waals surface area contributed by atoms with Gasteiger partial charge in [0, 0.05) is 11.3 Å². The van der Waals surface area contributed by atoms with Crippen LogP contribution in [0.3, 0.4) is 0 Å². The number of carbonyl (C=O) groups excluding carboxylic acids is 1. The van der Waals surface area contributed by atoms with Gasteiger partial charge >= 0.3 is 0 Å². The van der Waals surface area contributed by atoms with Crippen molar-refractivity contribution in [2.75, 3.05) is 7.11 Å². The van der Waals surface area contributed by atoms with Crippen molar-refractivity contribution in [3.63, 3.8) is 0 Å². The maximum absolute atomic E-state index is 12.1. The fraction of sp³-hybridized carbons (Fsp3) is 0.105. The van der Waals surface area contributed by atoms with Crippen LogP contribution in [-0.2, 0) is 5.75 Å². The van der Waals surface area contributed by atoms with E-state index in [-0.39, 0.29) is 5.78 Å². The molecule has 0 fully saturated rings. The minimum atomic E-state index is -0.112. The van der Waals surface area contributed by atoms with Crippen LogP contribution in [0.4, 0.5) is 0 Å². The van der Waals surface area contributed by atoms with E-state index in [2.05, 4.69) is 4.99 Å². The molecule has 0 aliphatic carbocycles. The number of aliphatic imine (C=N–C) groups is 1. The topological polar surface area (TPSA) is 62.4 Å². The van der Waals surface area contributed by atoms with Gasteiger partial charge in [-0.3, -0.25) is 4.79 Å². The van der Waals surface area contributed by atoms with Gasteiger partial charge in [0.25, 0.3) is 0 Å². The summed E-state index contributed by atoms with van der Waals surface area (Å²) in [6.07, 6.45) is 3.27. The van der Waals surface area contributed by atoms with Crippen LogP contribution in [0, 0.1) is 11.5 Å². The van der Waals surface area contributed by atoms with Gasteiger partial charge in [0.2, 0.25) is 6.19 Å². The van der Waals surface area contributed by atoms with Crippen molar-refractivity contribution in [1.29, 1.82) is 5.26 Å². The first-order chi connectivity index (χ1) is 12.2. The van der Waals surface area contributed by atoms with Gasteiger partial charge in [0.15, 0.2) is 5.78 Å². The predicted octanol–water partition coefficient (Wildman–Crippen LogP) is 4.90. The normalized spacial score (nSPS) is 11.3. The molecule has 0 radical (unpaired) electrons. The second kappa shape index (κ2) is 10.4. The molecule has 25 heavy (non-hydrogen) atoms. The average molecular weight is 368 g/mol. The van der Waals surface area contributed by atoms with Gasteiger partial charge < -0.3 is 4.74 Å². The Morgan fingerprint density at radius 3 is 2.56 bits per heavy atom. The quantitative estimate of drug-likeness (QED) is 0.239. The molecule has 2 rings (SSSR count). The van der Waals surface area contributed by atoms with Gasteiger partial charge in [-0.1, -0.05) is 53.9 Å². The molecule has 0 saturated heterocycles. The zero-order valence-corrected chi connectivity index (χ0v) is 15.2. The third kappa shape index (κ3) is 6.49. The van der Waals surface area contributed by atoms with E-state index in [1.165, 1.54) is 29.6 Å². The number of carbonyl (C=O) groups is 1. The maximum atomic E-state index is 12.1. The van der Waals surface area contributed by atoms with Crippen molar-refractivity contribution < 1.29 is 9.53 Å². The highest BCUT2D eigenvalue weighted by Gasteiger charge is 2.04. The van der Waals surface area contributed by atoms with E-state index in [0.717, 1.165) is 5.56 Å². The second-order valence-corrected chi connectivity index (χ2v) is 6.88. The molecule has 0 heterocycles. The highest BCUT2D eigenvalue weighted by molar-refractivity contribution is 8.39. The Balaban J connectivity index is 1.91. The number of rotatable bonds is 6. The Kier molecular flexibility index (Phi) is 7.83. The van der Waals surface area contributed by atoms with Crippen molar-refractivity contribution >= 4 is 33.7 Å². The molecule has 2 aromatic rings. The number of methoxy groups -OCH3 is 1. The van der Waals surface area contributed by atoms with Gasteiger partial charge in [-0.15, -0.1) is 0 Å². The predicted molar refractivity (Wildman–Crippen MR) is 105 cm³/mol. The molecule has 0 spiro atoms. The van der Waals surface area contributed by atoms with Crippen molar-refractivity contribution in [2.24, 2.45) is 4.99 Å². The molecular formula is C19H16N2O2S2. The summed E-state index contributed by atoms with van der Waals surface area (Å²) in [5.74, 6) is 1.31. The summed E-state index contributed by atoms with van der Waals surface area (Å²) in [6.45, 7) is 0. The number of thioether (sulfide) groups is 2. The van der Waals surface area contributed by atoms with Crippen LogP contribution in [0.15, 0.2) is 71.1 Å². The van der Waals surface area contributed by atoms with Crippen molar-refractivity contribution in [3.05, 3.63) is 77.2 Å². The fourth-order valence-electron chi connectivity index (χ4n) is 1.86. The minimum Gasteiger partial charge on any atom is -0.497 e. The lowest BCUT2D eigenvalue weighted by atomic mass is 10.1. The molecule has 4 nitrogen and oxygen atoms in total. The lowest BCUT2D eigenvalue weighted by molar-refractivity contribution is 0.104. The van der Waals surface area contributed by atoms with E-state index < -0.39 is 0 Å². The number of ether oxygens (including phenoxy) is 1. The number of benzene rings is 2. The summed E-state index contributed by atoms with van der Waals surface area (Å²) in [6, 6.07) is 16.8. The molecule has 0 bridgehead atoms. The van der Waals surface area contributed by atoms with Crippen molar-refractivity contribution in [2.45, 2.75) is 5.75 Å². The summed E-state index contributed by atoms with van der Waals surface area (Å²) < 4.78 is 5.67. The first-order valence-electron chi connectivity index (χ1n) is 7.38. The monoisotopic (exact) mass is 368 g/mol. The van der Waals surface area contributed by atoms with Gasteiger partial charge in [0.1, 0.15) is 10.1 Å². The summed E-state index contributed by atoms with van der Waals surface area (Å²) in [5, 5.41) is 10.5. The maximum Gasteiger partial charge on any atom is 0.207 e. The molecule has 0 aliphatic heterocycles. The SMILES string of the molecule is COc1ccc(C(=O)/C=C/SC(=NC#N)SCc2ccccc2)cc1. The number of nitriles is 1. The largest absolute Gasteiger partial charge is 0.497 e. The Hall–Kier alpha value is -2.49. The molecule has 0 N–H and O–H groups in total. The van der Waals surface area contributed by atoms with E-state index in [1.807, 2.05) is 30.3 Å². The molecule has 0 unspecified atom stereocenters. The van der Waals surface area contributed by atoms with Gasteiger partial charge in [-0.2, -0.15) is 10.3 Å². The van der Waals surface area contributed by atoms with Crippen LogP contribution in [0.25, 0.3) is 0 Å². The van der Waals surface area contributed by atoms with E-state index in [0.29, 0.717) is 21.4 Å². The van der Waals surface area contributed by atoms with E-state index in [1.54, 1.807) is 43.0 Å². The Bertz CT molecular complexity index is 794. The second-order valence-electron chi connectivity index (χ2n) is 4.77. The standard InChI is InChI=1S/C19H16N2O2S2/c1-23-17-9-7-16(8-10-17)18(22)11-12-24-19(21-14-20)25-13-15-5-3-2-4-6-15/h2-12H,13H2,1H3/b12-11+,21-19?. The van der Waals surface area contributed by atoms with Gasteiger partial charge in [-0.25, -0.2) is 0 Å². The molecular weight excluding hydrogens is 352 g/mol. The first-order valence-corrected chi connectivity index (χ1v) is 9.24. The summed E-state index contributed by atoms with van der Waals surface area (Å²) in [4.78, 5) is 15.9. The van der Waals surface area contributed by atoms with Crippen molar-refractivity contribution in [3.8, 4) is 11.9 Å². The number of hydrogen-bond acceptors (Lipinski definition) is 6. The smallest absolute Gasteiger partial charge is 0.207 e. The highest BCUT2D eigenvalue weighted by Crippen LogP contribution is 2.23. The number of nitrogens with zero attached hydrogens (tertiary/aromatic N) is 2. The first kappa shape index (κ1) is 18.8. The van der Waals surface area contributed by atoms with Crippen LogP contribution in [0.5, 0.6) is 5.75 Å². The zero-order chi connectivity index (χ0) is 17.9. The molecule has 0 saturated carbocycles. The van der Waals surface area contributed by atoms with Crippen LogP contribution in [0.2, 0.25) is 0 Å². The zero-order valence-electron chi connectivity index (χ0n) is 13.6. The van der Waals surface area contributed by atoms with E-state index >= 15 is 0 Å². The van der Waals surface area contributed by atoms with Gasteiger partial charge in [-0.05, 0) is 41.3 Å². The summed E-state index contributed by atoms with van der Waals surface area (Å²) >= 11 is 2.72. The molecule has 0 aromatic heterocycles. The van der Waals surface area contributed by atoms with Crippen LogP contribution >= 0.6 is 23.5 Å². The number of hydrogen-bond donors (Lipinski definition) is 0. The van der Waals surface area contributed by atoms with E-state index in [4.69, 9.17) is 10.00 Å². The average Bonchev–Trinajstić information content (AvgIpc) is 2.67. The number of ketones is 1. The third-order valence-electron chi connectivity index (χ3n) is 3.11. The lowest BCUT2D eigenvalue weighted by Gasteiger charge is -2.02. The summed E-state index contributed by atoms with van der Waals surface area (Å²) in [5.41, 5.74) is 1.73. The highest BCUT2D eigenvalue weighted by atomic mass is 32.2. The molecule has 0 amide bonds. The van der Waals surface area contributed by atoms with Crippen molar-refractivity contribution in [1.82, 2.24) is 0 Å². The summed E-state index contributed by atoms with van der Waals surface area (Å²) in [7, 11) is 1.58. The van der Waals surface area contributed by atoms with Gasteiger partial charge in [0.05, 0.1) is 7.11 Å². The molecule has 0 atom stereocenters. The molecule has 0 aliphatic rings. The molecule has 2 aromatic carbocycles. The lowest BCUT2D eigenvalue weighted by Crippen LogP contribution is -1.94. The Morgan fingerprint density at radius 2 is 1.92 bits per heavy atom. The molecule has 6 heteroatoms. The van der Waals surface area contributed by atoms with Crippen LogP contribution in [0.1, 0.15) is 15.9 Å². The fourth-order valence-corrected chi connectivity index (χ4v) is 3.46. The Labute approximate surface area is 155 Å². The Morgan fingerprint density at radius 1 is 1.20 bits per heavy atom. The van der Waals surface area contributed by atoms with Crippen LogP contribution in [-0.4, -0.2) is 17.3 Å². The molecule has 126 valence electrons. The third-order valence-corrected chi connectivity index (χ3v) is 5.13. The van der Waals surface area contributed by atoms with Crippen LogP contribution < -0.4 is 4.74 Å². The minimum absolute atomic E-state index is 0.112. The van der Waals surface area contributed by atoms with E-state index in [9.17, 15) is 4.79 Å².